The van der Waals surface area contributed by atoms with Gasteiger partial charge in [-0.25, -0.2) is 0 Å². The summed E-state index contributed by atoms with van der Waals surface area (Å²) >= 11 is 0. The van der Waals surface area contributed by atoms with Gasteiger partial charge in [0.2, 0.25) is 6.04 Å². The zero-order valence-corrected chi connectivity index (χ0v) is 9.44. The van der Waals surface area contributed by atoms with Crippen LogP contribution >= 0.6 is 0 Å². The maximum atomic E-state index is 11.5. The molecule has 0 aliphatic heterocycles. The lowest BCUT2D eigenvalue weighted by molar-refractivity contribution is -0.529. The van der Waals surface area contributed by atoms with E-state index < -0.39 is 6.04 Å². The van der Waals surface area contributed by atoms with Crippen molar-refractivity contribution >= 4 is 5.78 Å². The second kappa shape index (κ2) is 5.24. The Labute approximate surface area is 90.2 Å². The van der Waals surface area contributed by atoms with Crippen LogP contribution in [0.15, 0.2) is 0 Å². The molecule has 1 aliphatic carbocycles. The number of carbonyl (C=O) groups is 1. The number of rotatable bonds is 3. The van der Waals surface area contributed by atoms with Gasteiger partial charge >= 0.3 is 0 Å². The van der Waals surface area contributed by atoms with E-state index in [1.54, 1.807) is 13.8 Å². The molecular weight excluding hydrogens is 194 g/mol. The number of hydrogen-bond donors (Lipinski definition) is 0. The second-order valence-corrected chi connectivity index (χ2v) is 4.54. The van der Waals surface area contributed by atoms with Crippen molar-refractivity contribution in [3.8, 4) is 0 Å². The highest BCUT2D eigenvalue weighted by Crippen LogP contribution is 2.32. The molecule has 86 valence electrons. The highest BCUT2D eigenvalue weighted by molar-refractivity contribution is 5.78. The van der Waals surface area contributed by atoms with Crippen molar-refractivity contribution in [2.45, 2.75) is 52.0 Å². The Bertz CT molecular complexity index is 252. The average Bonchev–Trinajstić information content (AvgIpc) is 2.40. The van der Waals surface area contributed by atoms with E-state index in [-0.39, 0.29) is 22.5 Å². The number of nitro groups is 1. The average molecular weight is 213 g/mol. The lowest BCUT2D eigenvalue weighted by Crippen LogP contribution is -2.34. The van der Waals surface area contributed by atoms with Crippen LogP contribution in [0.5, 0.6) is 0 Å². The Morgan fingerprint density at radius 3 is 2.47 bits per heavy atom. The zero-order chi connectivity index (χ0) is 11.4. The monoisotopic (exact) mass is 213 g/mol. The molecule has 1 fully saturated rings. The molecule has 0 N–H and O–H groups in total. The Balaban J connectivity index is 2.78. The fraction of sp³-hybridized carbons (Fsp3) is 0.909. The molecule has 0 aromatic carbocycles. The van der Waals surface area contributed by atoms with Crippen molar-refractivity contribution in [1.82, 2.24) is 0 Å². The molecule has 0 bridgehead atoms. The standard InChI is InChI=1S/C11H19NO3/c1-8(12(14)15)10-6-4-3-5-7-11(10)9(2)13/h8,10-11H,3-7H2,1-2H3. The van der Waals surface area contributed by atoms with Crippen LogP contribution in [-0.2, 0) is 4.79 Å². The van der Waals surface area contributed by atoms with Gasteiger partial charge in [-0.1, -0.05) is 19.3 Å². The van der Waals surface area contributed by atoms with Gasteiger partial charge in [0, 0.05) is 23.7 Å². The van der Waals surface area contributed by atoms with E-state index in [0.29, 0.717) is 0 Å². The van der Waals surface area contributed by atoms with E-state index in [9.17, 15) is 14.9 Å². The number of hydrogen-bond acceptors (Lipinski definition) is 3. The Kier molecular flexibility index (Phi) is 4.24. The molecule has 0 aromatic rings. The molecule has 15 heavy (non-hydrogen) atoms. The van der Waals surface area contributed by atoms with Crippen LogP contribution in [0.3, 0.4) is 0 Å². The molecule has 3 atom stereocenters. The SMILES string of the molecule is CC(=O)C1CCCCCC1C(C)[N+](=O)[O-]. The van der Waals surface area contributed by atoms with Crippen LogP contribution in [0, 0.1) is 22.0 Å². The summed E-state index contributed by atoms with van der Waals surface area (Å²) < 4.78 is 0. The van der Waals surface area contributed by atoms with Gasteiger partial charge in [0.25, 0.3) is 0 Å². The van der Waals surface area contributed by atoms with Gasteiger partial charge in [-0.15, -0.1) is 0 Å². The van der Waals surface area contributed by atoms with E-state index >= 15 is 0 Å². The normalized spacial score (nSPS) is 29.2. The number of Topliss-reactive ketones (excluding diaryl/α,β-unsaturated/α-hetero) is 1. The van der Waals surface area contributed by atoms with Crippen LogP contribution in [0.4, 0.5) is 0 Å². The highest BCUT2D eigenvalue weighted by atomic mass is 16.6. The molecular formula is C11H19NO3. The fourth-order valence-electron chi connectivity index (χ4n) is 2.57. The molecule has 0 radical (unpaired) electrons. The van der Waals surface area contributed by atoms with Crippen molar-refractivity contribution in [3.05, 3.63) is 10.1 Å². The smallest absolute Gasteiger partial charge is 0.213 e. The van der Waals surface area contributed by atoms with E-state index in [2.05, 4.69) is 0 Å². The maximum Gasteiger partial charge on any atom is 0.213 e. The molecule has 0 amide bonds. The van der Waals surface area contributed by atoms with Gasteiger partial charge in [0.05, 0.1) is 0 Å². The summed E-state index contributed by atoms with van der Waals surface area (Å²) in [4.78, 5) is 22.0. The van der Waals surface area contributed by atoms with Gasteiger partial charge in [-0.3, -0.25) is 14.9 Å². The van der Waals surface area contributed by atoms with Crippen molar-refractivity contribution in [2.75, 3.05) is 0 Å². The van der Waals surface area contributed by atoms with E-state index in [1.165, 1.54) is 0 Å². The van der Waals surface area contributed by atoms with Gasteiger partial charge in [0.15, 0.2) is 0 Å². The largest absolute Gasteiger partial charge is 0.300 e. The first-order valence-corrected chi connectivity index (χ1v) is 5.68. The van der Waals surface area contributed by atoms with Crippen LogP contribution in [0.1, 0.15) is 46.0 Å². The Hall–Kier alpha value is -0.930. The molecule has 1 aliphatic rings. The lowest BCUT2D eigenvalue weighted by atomic mass is 9.81. The minimum Gasteiger partial charge on any atom is -0.300 e. The van der Waals surface area contributed by atoms with Crippen molar-refractivity contribution in [3.63, 3.8) is 0 Å². The van der Waals surface area contributed by atoms with Gasteiger partial charge in [-0.2, -0.15) is 0 Å². The molecule has 0 spiro atoms. The van der Waals surface area contributed by atoms with Crippen molar-refractivity contribution < 1.29 is 9.72 Å². The minimum absolute atomic E-state index is 0.0556. The topological polar surface area (TPSA) is 60.2 Å². The summed E-state index contributed by atoms with van der Waals surface area (Å²) in [5.74, 6) is -0.0245. The molecule has 4 heteroatoms. The number of carbonyl (C=O) groups excluding carboxylic acids is 1. The van der Waals surface area contributed by atoms with Crippen LogP contribution in [-0.4, -0.2) is 16.7 Å². The number of nitrogens with zero attached hydrogens (tertiary/aromatic N) is 1. The Morgan fingerprint density at radius 1 is 1.33 bits per heavy atom. The van der Waals surface area contributed by atoms with Crippen LogP contribution < -0.4 is 0 Å². The summed E-state index contributed by atoms with van der Waals surface area (Å²) in [7, 11) is 0. The molecule has 3 unspecified atom stereocenters. The van der Waals surface area contributed by atoms with Crippen LogP contribution in [0.2, 0.25) is 0 Å². The van der Waals surface area contributed by atoms with Gasteiger partial charge < -0.3 is 0 Å². The first-order chi connectivity index (χ1) is 7.04. The lowest BCUT2D eigenvalue weighted by Gasteiger charge is -2.23. The Morgan fingerprint density at radius 2 is 1.93 bits per heavy atom. The molecule has 1 rings (SSSR count). The van der Waals surface area contributed by atoms with Crippen LogP contribution in [0.25, 0.3) is 0 Å². The second-order valence-electron chi connectivity index (χ2n) is 4.54. The summed E-state index contributed by atoms with van der Waals surface area (Å²) in [5, 5.41) is 10.8. The van der Waals surface area contributed by atoms with Crippen molar-refractivity contribution in [1.29, 1.82) is 0 Å². The molecule has 1 saturated carbocycles. The van der Waals surface area contributed by atoms with Crippen molar-refractivity contribution in [2.24, 2.45) is 11.8 Å². The molecule has 4 nitrogen and oxygen atoms in total. The molecule has 0 saturated heterocycles. The summed E-state index contributed by atoms with van der Waals surface area (Å²) in [6.07, 6.45) is 4.81. The summed E-state index contributed by atoms with van der Waals surface area (Å²) in [6.45, 7) is 3.20. The van der Waals surface area contributed by atoms with Gasteiger partial charge in [-0.05, 0) is 19.8 Å². The summed E-state index contributed by atoms with van der Waals surface area (Å²) in [6, 6.07) is -0.586. The number of ketones is 1. The van der Waals surface area contributed by atoms with E-state index in [1.807, 2.05) is 0 Å². The summed E-state index contributed by atoms with van der Waals surface area (Å²) in [5.41, 5.74) is 0. The predicted molar refractivity (Wildman–Crippen MR) is 57.2 cm³/mol. The quantitative estimate of drug-likeness (QED) is 0.411. The van der Waals surface area contributed by atoms with E-state index in [4.69, 9.17) is 0 Å². The first-order valence-electron chi connectivity index (χ1n) is 5.68. The zero-order valence-electron chi connectivity index (χ0n) is 9.44. The predicted octanol–water partition coefficient (Wildman–Crippen LogP) is 2.44. The third-order valence-electron chi connectivity index (χ3n) is 3.54. The third-order valence-corrected chi connectivity index (χ3v) is 3.54. The third kappa shape index (κ3) is 3.01. The maximum absolute atomic E-state index is 11.5. The molecule has 0 heterocycles. The highest BCUT2D eigenvalue weighted by Gasteiger charge is 2.36. The minimum atomic E-state index is -0.586. The first kappa shape index (κ1) is 12.1. The molecule has 0 aromatic heterocycles. The fourth-order valence-corrected chi connectivity index (χ4v) is 2.57. The van der Waals surface area contributed by atoms with E-state index in [0.717, 1.165) is 32.1 Å². The van der Waals surface area contributed by atoms with Gasteiger partial charge in [0.1, 0.15) is 5.78 Å².